The number of aromatic nitrogens is 1. The third kappa shape index (κ3) is 4.57. The van der Waals surface area contributed by atoms with Crippen molar-refractivity contribution in [3.05, 3.63) is 53.4 Å². The number of hydrogen-bond acceptors (Lipinski definition) is 6. The fraction of sp³-hybridized carbons (Fsp3) is 0.381. The van der Waals surface area contributed by atoms with Crippen molar-refractivity contribution in [2.45, 2.75) is 23.7 Å². The molecule has 0 atom stereocenters. The Hall–Kier alpha value is -2.09. The zero-order chi connectivity index (χ0) is 20.4. The van der Waals surface area contributed by atoms with Gasteiger partial charge in [-0.1, -0.05) is 17.7 Å². The minimum Gasteiger partial charge on any atom is -0.497 e. The van der Waals surface area contributed by atoms with E-state index in [0.717, 1.165) is 42.9 Å². The number of fused-ring (bicyclic) bond motifs is 1. The van der Waals surface area contributed by atoms with Gasteiger partial charge in [-0.15, -0.1) is 0 Å². The Balaban J connectivity index is 1.34. The maximum atomic E-state index is 12.6. The number of halogens is 1. The number of ether oxygens (including phenoxy) is 1. The highest BCUT2D eigenvalue weighted by Gasteiger charge is 2.26. The summed E-state index contributed by atoms with van der Waals surface area (Å²) in [5, 5.41) is 0.643. The van der Waals surface area contributed by atoms with E-state index in [4.69, 9.17) is 20.8 Å². The molecule has 4 rings (SSSR count). The van der Waals surface area contributed by atoms with E-state index in [1.807, 2.05) is 12.1 Å². The van der Waals surface area contributed by atoms with Crippen molar-refractivity contribution in [3.63, 3.8) is 0 Å². The molecule has 1 saturated heterocycles. The van der Waals surface area contributed by atoms with Crippen molar-refractivity contribution in [1.82, 2.24) is 9.88 Å². The maximum absolute atomic E-state index is 12.6. The van der Waals surface area contributed by atoms with Crippen LogP contribution >= 0.6 is 11.6 Å². The molecule has 0 radical (unpaired) electrons. The predicted molar refractivity (Wildman–Crippen MR) is 112 cm³/mol. The van der Waals surface area contributed by atoms with E-state index in [1.54, 1.807) is 30.3 Å². The van der Waals surface area contributed by atoms with Crippen LogP contribution in [0.5, 0.6) is 5.75 Å². The first-order valence-corrected chi connectivity index (χ1v) is 11.6. The van der Waals surface area contributed by atoms with E-state index >= 15 is 0 Å². The van der Waals surface area contributed by atoms with Crippen LogP contribution in [0.15, 0.2) is 51.8 Å². The Morgan fingerprint density at radius 3 is 2.76 bits per heavy atom. The topological polar surface area (TPSA) is 72.6 Å². The maximum Gasteiger partial charge on any atom is 0.198 e. The Morgan fingerprint density at radius 1 is 1.21 bits per heavy atom. The van der Waals surface area contributed by atoms with Gasteiger partial charge in [0.25, 0.3) is 0 Å². The molecule has 0 saturated carbocycles. The van der Waals surface area contributed by atoms with Crippen LogP contribution in [0, 0.1) is 0 Å². The lowest BCUT2D eigenvalue weighted by Gasteiger charge is -2.30. The van der Waals surface area contributed by atoms with E-state index < -0.39 is 9.84 Å². The second-order valence-electron chi connectivity index (χ2n) is 7.28. The minimum absolute atomic E-state index is 0.0895. The number of hydrogen-bond donors (Lipinski definition) is 0. The second kappa shape index (κ2) is 8.34. The molecule has 1 aromatic heterocycles. The van der Waals surface area contributed by atoms with Gasteiger partial charge >= 0.3 is 0 Å². The molecule has 2 aromatic carbocycles. The van der Waals surface area contributed by atoms with Crippen molar-refractivity contribution in [2.24, 2.45) is 0 Å². The molecule has 8 heteroatoms. The first-order chi connectivity index (χ1) is 13.9. The van der Waals surface area contributed by atoms with Crippen molar-refractivity contribution >= 4 is 32.5 Å². The van der Waals surface area contributed by atoms with Crippen LogP contribution in [0.3, 0.4) is 0 Å². The van der Waals surface area contributed by atoms with Gasteiger partial charge in [0.2, 0.25) is 0 Å². The molecule has 29 heavy (non-hydrogen) atoms. The Bertz CT molecular complexity index is 1100. The summed E-state index contributed by atoms with van der Waals surface area (Å²) >= 11 is 6.02. The predicted octanol–water partition coefficient (Wildman–Crippen LogP) is 4.14. The molecule has 3 aromatic rings. The van der Waals surface area contributed by atoms with Crippen molar-refractivity contribution in [3.8, 4) is 5.75 Å². The lowest BCUT2D eigenvalue weighted by Crippen LogP contribution is -2.36. The average Bonchev–Trinajstić information content (AvgIpc) is 3.16. The number of benzene rings is 2. The van der Waals surface area contributed by atoms with Gasteiger partial charge in [-0.05, 0) is 62.3 Å². The highest BCUT2D eigenvalue weighted by atomic mass is 35.5. The zero-order valence-electron chi connectivity index (χ0n) is 16.2. The molecule has 0 N–H and O–H groups in total. The van der Waals surface area contributed by atoms with E-state index in [9.17, 15) is 8.42 Å². The van der Waals surface area contributed by atoms with E-state index in [2.05, 4.69) is 9.88 Å². The highest BCUT2D eigenvalue weighted by Crippen LogP contribution is 2.31. The fourth-order valence-electron chi connectivity index (χ4n) is 3.66. The molecule has 2 heterocycles. The molecule has 154 valence electrons. The van der Waals surface area contributed by atoms with Gasteiger partial charge in [0, 0.05) is 17.5 Å². The number of piperidine rings is 1. The number of methoxy groups -OCH3 is 1. The first-order valence-electron chi connectivity index (χ1n) is 9.60. The minimum atomic E-state index is -3.34. The molecule has 0 aliphatic carbocycles. The van der Waals surface area contributed by atoms with Crippen LogP contribution in [0.2, 0.25) is 5.02 Å². The largest absolute Gasteiger partial charge is 0.497 e. The quantitative estimate of drug-likeness (QED) is 0.580. The molecule has 0 bridgehead atoms. The van der Waals surface area contributed by atoms with Crippen LogP contribution in [-0.2, 0) is 9.84 Å². The summed E-state index contributed by atoms with van der Waals surface area (Å²) in [4.78, 5) is 7.08. The third-order valence-electron chi connectivity index (χ3n) is 5.38. The molecular formula is C21H23ClN2O4S. The number of sulfone groups is 1. The van der Waals surface area contributed by atoms with Crippen LogP contribution in [0.1, 0.15) is 24.7 Å². The van der Waals surface area contributed by atoms with Gasteiger partial charge in [-0.3, -0.25) is 0 Å². The van der Waals surface area contributed by atoms with E-state index in [-0.39, 0.29) is 11.7 Å². The summed E-state index contributed by atoms with van der Waals surface area (Å²) in [7, 11) is -1.82. The van der Waals surface area contributed by atoms with Crippen LogP contribution in [0.25, 0.3) is 11.1 Å². The summed E-state index contributed by atoms with van der Waals surface area (Å²) in [6.45, 7) is 2.14. The third-order valence-corrected chi connectivity index (χ3v) is 7.31. The summed E-state index contributed by atoms with van der Waals surface area (Å²) in [5.41, 5.74) is 1.52. The summed E-state index contributed by atoms with van der Waals surface area (Å²) < 4.78 is 36.3. The van der Waals surface area contributed by atoms with Crippen molar-refractivity contribution in [1.29, 1.82) is 0 Å². The fourth-order valence-corrected chi connectivity index (χ4v) is 5.14. The Labute approximate surface area is 175 Å². The standard InChI is InChI=1S/C21H23ClN2O4S/c1-27-17-3-2-4-18(14-17)29(25,26)12-11-24-9-7-15(8-10-24)21-23-19-13-16(22)5-6-20(19)28-21/h2-6,13-15H,7-12H2,1H3. The van der Waals surface area contributed by atoms with Gasteiger partial charge in [0.15, 0.2) is 21.3 Å². The number of nitrogens with zero attached hydrogens (tertiary/aromatic N) is 2. The van der Waals surface area contributed by atoms with Gasteiger partial charge in [0.05, 0.1) is 17.8 Å². The van der Waals surface area contributed by atoms with Crippen LogP contribution in [-0.4, -0.2) is 50.8 Å². The normalized spacial score (nSPS) is 16.3. The molecule has 0 amide bonds. The molecule has 0 spiro atoms. The van der Waals surface area contributed by atoms with Crippen LogP contribution < -0.4 is 4.74 Å². The Morgan fingerprint density at radius 2 is 2.00 bits per heavy atom. The monoisotopic (exact) mass is 434 g/mol. The molecule has 1 aliphatic rings. The number of likely N-dealkylation sites (tertiary alicyclic amines) is 1. The van der Waals surface area contributed by atoms with Gasteiger partial charge in [-0.25, -0.2) is 13.4 Å². The number of oxazole rings is 1. The van der Waals surface area contributed by atoms with E-state index in [0.29, 0.717) is 22.2 Å². The van der Waals surface area contributed by atoms with Gasteiger partial charge in [-0.2, -0.15) is 0 Å². The average molecular weight is 435 g/mol. The highest BCUT2D eigenvalue weighted by molar-refractivity contribution is 7.91. The SMILES string of the molecule is COc1cccc(S(=O)(=O)CCN2CCC(c3nc4cc(Cl)ccc4o3)CC2)c1. The van der Waals surface area contributed by atoms with Crippen molar-refractivity contribution < 1.29 is 17.6 Å². The second-order valence-corrected chi connectivity index (χ2v) is 9.82. The molecule has 0 unspecified atom stereocenters. The Kier molecular flexibility index (Phi) is 5.81. The van der Waals surface area contributed by atoms with Gasteiger partial charge in [0.1, 0.15) is 11.3 Å². The summed E-state index contributed by atoms with van der Waals surface area (Å²) in [5.74, 6) is 1.62. The van der Waals surface area contributed by atoms with Crippen molar-refractivity contribution in [2.75, 3.05) is 32.5 Å². The smallest absolute Gasteiger partial charge is 0.198 e. The molecule has 1 aliphatic heterocycles. The lowest BCUT2D eigenvalue weighted by molar-refractivity contribution is 0.210. The van der Waals surface area contributed by atoms with Crippen LogP contribution in [0.4, 0.5) is 0 Å². The lowest BCUT2D eigenvalue weighted by atomic mass is 9.97. The first kappa shape index (κ1) is 20.2. The molecule has 6 nitrogen and oxygen atoms in total. The molecule has 1 fully saturated rings. The zero-order valence-corrected chi connectivity index (χ0v) is 17.7. The summed E-state index contributed by atoms with van der Waals surface area (Å²) in [6, 6.07) is 12.1. The number of rotatable bonds is 6. The van der Waals surface area contributed by atoms with Gasteiger partial charge < -0.3 is 14.1 Å². The summed E-state index contributed by atoms with van der Waals surface area (Å²) in [6.07, 6.45) is 1.78. The molecular weight excluding hydrogens is 412 g/mol. The van der Waals surface area contributed by atoms with E-state index in [1.165, 1.54) is 7.11 Å².